The summed E-state index contributed by atoms with van der Waals surface area (Å²) in [5.74, 6) is 0.956. The van der Waals surface area contributed by atoms with Gasteiger partial charge in [-0.15, -0.1) is 0 Å². The number of carbonyl (C=O) groups is 1. The summed E-state index contributed by atoms with van der Waals surface area (Å²) >= 11 is 0. The van der Waals surface area contributed by atoms with Crippen LogP contribution in [0.25, 0.3) is 0 Å². The molecule has 0 spiro atoms. The van der Waals surface area contributed by atoms with E-state index in [1.807, 2.05) is 11.0 Å². The molecule has 1 saturated carbocycles. The van der Waals surface area contributed by atoms with E-state index in [4.69, 9.17) is 0 Å². The van der Waals surface area contributed by atoms with E-state index >= 15 is 0 Å². The van der Waals surface area contributed by atoms with E-state index in [0.29, 0.717) is 18.2 Å². The molecule has 1 aliphatic carbocycles. The Bertz CT molecular complexity index is 678. The summed E-state index contributed by atoms with van der Waals surface area (Å²) in [6.45, 7) is 3.63. The number of amides is 1. The lowest BCUT2D eigenvalue weighted by atomic mass is 9.99. The maximum atomic E-state index is 12.3. The molecule has 3 rings (SSSR count). The zero-order valence-electron chi connectivity index (χ0n) is 14.0. The van der Waals surface area contributed by atoms with Crippen molar-refractivity contribution in [2.24, 2.45) is 17.8 Å². The lowest BCUT2D eigenvalue weighted by Crippen LogP contribution is -2.44. The lowest BCUT2D eigenvalue weighted by molar-refractivity contribution is -0.134. The molecule has 3 atom stereocenters. The van der Waals surface area contributed by atoms with E-state index in [1.165, 1.54) is 0 Å². The van der Waals surface area contributed by atoms with E-state index in [0.717, 1.165) is 25.8 Å². The van der Waals surface area contributed by atoms with Gasteiger partial charge in [-0.25, -0.2) is 13.1 Å². The summed E-state index contributed by atoms with van der Waals surface area (Å²) in [5, 5.41) is 0. The fourth-order valence-electron chi connectivity index (χ4n) is 3.36. The predicted octanol–water partition coefficient (Wildman–Crippen LogP) is 1.40. The van der Waals surface area contributed by atoms with Gasteiger partial charge in [0.2, 0.25) is 15.9 Å². The Morgan fingerprint density at radius 3 is 2.88 bits per heavy atom. The number of sulfonamides is 1. The Kier molecular flexibility index (Phi) is 5.20. The predicted molar refractivity (Wildman–Crippen MR) is 91.4 cm³/mol. The van der Waals surface area contributed by atoms with Gasteiger partial charge in [0.1, 0.15) is 0 Å². The van der Waals surface area contributed by atoms with Crippen LogP contribution in [0.4, 0.5) is 0 Å². The average molecular weight is 351 g/mol. The van der Waals surface area contributed by atoms with Crippen LogP contribution in [0.1, 0.15) is 31.9 Å². The second-order valence-electron chi connectivity index (χ2n) is 7.04. The number of nitrogens with one attached hydrogen (secondary N) is 1. The van der Waals surface area contributed by atoms with Crippen LogP contribution < -0.4 is 4.72 Å². The van der Waals surface area contributed by atoms with Gasteiger partial charge in [0, 0.05) is 25.2 Å². The van der Waals surface area contributed by atoms with Gasteiger partial charge in [0.05, 0.1) is 18.0 Å². The van der Waals surface area contributed by atoms with E-state index in [2.05, 4.69) is 16.6 Å². The van der Waals surface area contributed by atoms with Gasteiger partial charge >= 0.3 is 0 Å². The standard InChI is InChI=1S/C17H25N3O3S/c1-13-9-16(13)17(21)20-8-4-5-14(11-20)12-24(22,23)19-10-15-6-2-3-7-18-15/h2-3,6-7,13-14,16,19H,4-5,8-12H2,1H3/t13-,14-,16+/m1/s1. The zero-order chi connectivity index (χ0) is 17.2. The van der Waals surface area contributed by atoms with E-state index in [9.17, 15) is 13.2 Å². The van der Waals surface area contributed by atoms with Gasteiger partial charge in [-0.2, -0.15) is 0 Å². The molecule has 1 saturated heterocycles. The number of rotatable bonds is 6. The van der Waals surface area contributed by atoms with Gasteiger partial charge in [-0.05, 0) is 43.2 Å². The molecule has 0 unspecified atom stereocenters. The maximum Gasteiger partial charge on any atom is 0.225 e. The van der Waals surface area contributed by atoms with Crippen molar-refractivity contribution in [1.82, 2.24) is 14.6 Å². The first kappa shape index (κ1) is 17.4. The van der Waals surface area contributed by atoms with Gasteiger partial charge in [-0.1, -0.05) is 13.0 Å². The normalized spacial score (nSPS) is 27.0. The van der Waals surface area contributed by atoms with Crippen LogP contribution in [0.3, 0.4) is 0 Å². The third-order valence-corrected chi connectivity index (χ3v) is 6.41. The van der Waals surface area contributed by atoms with Crippen molar-refractivity contribution in [3.05, 3.63) is 30.1 Å². The Hall–Kier alpha value is -1.47. The largest absolute Gasteiger partial charge is 0.342 e. The van der Waals surface area contributed by atoms with Crippen molar-refractivity contribution in [3.63, 3.8) is 0 Å². The first-order chi connectivity index (χ1) is 11.4. The monoisotopic (exact) mass is 351 g/mol. The molecule has 1 amide bonds. The van der Waals surface area contributed by atoms with Crippen LogP contribution in [0.5, 0.6) is 0 Å². The molecule has 1 N–H and O–H groups in total. The number of carbonyl (C=O) groups excluding carboxylic acids is 1. The third kappa shape index (κ3) is 4.54. The average Bonchev–Trinajstić information content (AvgIpc) is 3.30. The van der Waals surface area contributed by atoms with Gasteiger partial charge in [-0.3, -0.25) is 9.78 Å². The Morgan fingerprint density at radius 2 is 2.21 bits per heavy atom. The van der Waals surface area contributed by atoms with Gasteiger partial charge in [0.25, 0.3) is 0 Å². The second-order valence-corrected chi connectivity index (χ2v) is 8.89. The molecule has 24 heavy (non-hydrogen) atoms. The zero-order valence-corrected chi connectivity index (χ0v) is 14.8. The van der Waals surface area contributed by atoms with Crippen molar-refractivity contribution in [2.45, 2.75) is 32.7 Å². The van der Waals surface area contributed by atoms with Crippen molar-refractivity contribution in [1.29, 1.82) is 0 Å². The first-order valence-electron chi connectivity index (χ1n) is 8.60. The molecular weight excluding hydrogens is 326 g/mol. The Balaban J connectivity index is 1.51. The van der Waals surface area contributed by atoms with Gasteiger partial charge in [0.15, 0.2) is 0 Å². The third-order valence-electron chi connectivity index (χ3n) is 4.91. The van der Waals surface area contributed by atoms with Crippen molar-refractivity contribution in [3.8, 4) is 0 Å². The summed E-state index contributed by atoms with van der Waals surface area (Å²) in [4.78, 5) is 18.3. The molecule has 1 aromatic rings. The topological polar surface area (TPSA) is 79.4 Å². The quantitative estimate of drug-likeness (QED) is 0.840. The Labute approximate surface area is 143 Å². The Morgan fingerprint density at radius 1 is 1.42 bits per heavy atom. The number of nitrogens with zero attached hydrogens (tertiary/aromatic N) is 2. The van der Waals surface area contributed by atoms with E-state index in [1.54, 1.807) is 18.3 Å². The number of pyridine rings is 1. The summed E-state index contributed by atoms with van der Waals surface area (Å²) in [6.07, 6.45) is 4.36. The molecule has 1 aliphatic heterocycles. The highest BCUT2D eigenvalue weighted by Crippen LogP contribution is 2.39. The van der Waals surface area contributed by atoms with Crippen LogP contribution in [-0.2, 0) is 21.4 Å². The molecule has 2 heterocycles. The number of hydrogen-bond donors (Lipinski definition) is 1. The smallest absolute Gasteiger partial charge is 0.225 e. The van der Waals surface area contributed by atoms with E-state index < -0.39 is 10.0 Å². The van der Waals surface area contributed by atoms with Gasteiger partial charge < -0.3 is 4.90 Å². The number of hydrogen-bond acceptors (Lipinski definition) is 4. The first-order valence-corrected chi connectivity index (χ1v) is 10.3. The fourth-order valence-corrected chi connectivity index (χ4v) is 4.74. The minimum atomic E-state index is -3.37. The van der Waals surface area contributed by atoms with Crippen LogP contribution in [0, 0.1) is 17.8 Å². The molecule has 132 valence electrons. The summed E-state index contributed by atoms with van der Waals surface area (Å²) in [6, 6.07) is 5.42. The van der Waals surface area contributed by atoms with Crippen LogP contribution in [0.2, 0.25) is 0 Å². The number of aromatic nitrogens is 1. The van der Waals surface area contributed by atoms with Crippen LogP contribution >= 0.6 is 0 Å². The van der Waals surface area contributed by atoms with Crippen LogP contribution in [-0.4, -0.2) is 43.1 Å². The molecule has 0 radical (unpaired) electrons. The molecule has 7 heteroatoms. The van der Waals surface area contributed by atoms with Crippen LogP contribution in [0.15, 0.2) is 24.4 Å². The second kappa shape index (κ2) is 7.19. The summed E-state index contributed by atoms with van der Waals surface area (Å²) < 4.78 is 27.2. The summed E-state index contributed by atoms with van der Waals surface area (Å²) in [5.41, 5.74) is 0.698. The maximum absolute atomic E-state index is 12.3. The minimum absolute atomic E-state index is 0.0120. The lowest BCUT2D eigenvalue weighted by Gasteiger charge is -2.33. The highest BCUT2D eigenvalue weighted by atomic mass is 32.2. The molecule has 0 aromatic carbocycles. The SMILES string of the molecule is C[C@@H]1C[C@@H]1C(=O)N1CCC[C@@H](CS(=O)(=O)NCc2ccccn2)C1. The van der Waals surface area contributed by atoms with Crippen molar-refractivity contribution < 1.29 is 13.2 Å². The number of piperidine rings is 1. The molecule has 6 nitrogen and oxygen atoms in total. The van der Waals surface area contributed by atoms with E-state index in [-0.39, 0.29) is 30.0 Å². The summed E-state index contributed by atoms with van der Waals surface area (Å²) in [7, 11) is -3.37. The minimum Gasteiger partial charge on any atom is -0.342 e. The highest BCUT2D eigenvalue weighted by Gasteiger charge is 2.42. The molecule has 2 fully saturated rings. The molecule has 0 bridgehead atoms. The number of likely N-dealkylation sites (tertiary alicyclic amines) is 1. The fraction of sp³-hybridized carbons (Fsp3) is 0.647. The molecule has 1 aromatic heterocycles. The molecular formula is C17H25N3O3S. The highest BCUT2D eigenvalue weighted by molar-refractivity contribution is 7.89. The van der Waals surface area contributed by atoms with Crippen molar-refractivity contribution >= 4 is 15.9 Å². The molecule has 2 aliphatic rings. The van der Waals surface area contributed by atoms with Crippen molar-refractivity contribution in [2.75, 3.05) is 18.8 Å².